The van der Waals surface area contributed by atoms with Gasteiger partial charge in [0.05, 0.1) is 12.7 Å². The Morgan fingerprint density at radius 2 is 1.92 bits per heavy atom. The normalized spacial score (nSPS) is 7.32. The van der Waals surface area contributed by atoms with Crippen molar-refractivity contribution in [2.24, 2.45) is 4.99 Å². The summed E-state index contributed by atoms with van der Waals surface area (Å²) in [5.41, 5.74) is 0. The maximum Gasteiger partial charge on any atom is 0.249 e. The zero-order valence-electron chi connectivity index (χ0n) is 13.7. The van der Waals surface area contributed by atoms with E-state index in [9.17, 15) is 22.9 Å². The highest BCUT2D eigenvalue weighted by Crippen LogP contribution is 1.99. The molecule has 0 bridgehead atoms. The molecular formula is C16H19F3N2O4. The van der Waals surface area contributed by atoms with Crippen molar-refractivity contribution in [3.63, 3.8) is 0 Å². The van der Waals surface area contributed by atoms with Gasteiger partial charge in [0.2, 0.25) is 12.0 Å². The number of nitrogens with one attached hydrogen (secondary N) is 1. The fraction of sp³-hybridized carbons (Fsp3) is 0.500. The molecule has 0 heterocycles. The van der Waals surface area contributed by atoms with Crippen molar-refractivity contribution in [1.82, 2.24) is 5.32 Å². The maximum atomic E-state index is 11.5. The van der Waals surface area contributed by atoms with Gasteiger partial charge in [0, 0.05) is 25.3 Å². The Hall–Kier alpha value is -2.76. The van der Waals surface area contributed by atoms with E-state index in [4.69, 9.17) is 6.42 Å². The van der Waals surface area contributed by atoms with Crippen LogP contribution in [-0.4, -0.2) is 39.4 Å². The standard InChI is InChI=1S/C7H14FNO.C7HNO.C2H4F2O2/c1-9-7(10)5-3-2-4-6-8;1-2-3-4-5-6-8-7-9;3-1-5-2-6-4/h2-6H2,1H3,(H,9,10);1H;1-2H2. The van der Waals surface area contributed by atoms with E-state index in [0.29, 0.717) is 12.8 Å². The fourth-order valence-electron chi connectivity index (χ4n) is 0.891. The second-order valence-electron chi connectivity index (χ2n) is 3.55. The van der Waals surface area contributed by atoms with E-state index in [-0.39, 0.29) is 12.6 Å². The number of unbranched alkanes of at least 4 members (excludes halogenated alkanes) is 2. The molecule has 0 aliphatic rings. The number of aliphatic imine (C=N–C) groups is 1. The highest BCUT2D eigenvalue weighted by Gasteiger charge is 1.95. The molecule has 6 nitrogen and oxygen atoms in total. The van der Waals surface area contributed by atoms with Crippen LogP contribution >= 0.6 is 0 Å². The number of terminal acetylenes is 1. The van der Waals surface area contributed by atoms with Crippen LogP contribution in [0.2, 0.25) is 0 Å². The van der Waals surface area contributed by atoms with Crippen molar-refractivity contribution in [2.75, 3.05) is 27.4 Å². The van der Waals surface area contributed by atoms with Crippen molar-refractivity contribution in [2.45, 2.75) is 25.7 Å². The number of nitrogens with zero attached hydrogens (tertiary/aromatic N) is 1. The average molecular weight is 360 g/mol. The molecule has 1 N–H and O–H groups in total. The number of isocyanates is 1. The van der Waals surface area contributed by atoms with Crippen molar-refractivity contribution >= 4 is 12.0 Å². The first-order chi connectivity index (χ1) is 12.1. The van der Waals surface area contributed by atoms with Crippen LogP contribution in [0.25, 0.3) is 0 Å². The van der Waals surface area contributed by atoms with Gasteiger partial charge < -0.3 is 10.1 Å². The third-order valence-electron chi connectivity index (χ3n) is 1.88. The second-order valence-corrected chi connectivity index (χ2v) is 3.55. The zero-order valence-corrected chi connectivity index (χ0v) is 13.7. The Bertz CT molecular complexity index is 517. The molecule has 1 amide bonds. The zero-order chi connectivity index (χ0) is 19.6. The monoisotopic (exact) mass is 360 g/mol. The smallest absolute Gasteiger partial charge is 0.249 e. The first-order valence-electron chi connectivity index (χ1n) is 6.80. The molecule has 0 radical (unpaired) electrons. The molecule has 0 atom stereocenters. The lowest BCUT2D eigenvalue weighted by Gasteiger charge is -1.96. The predicted octanol–water partition coefficient (Wildman–Crippen LogP) is 1.97. The molecule has 0 saturated carbocycles. The van der Waals surface area contributed by atoms with Gasteiger partial charge in [-0.05, 0) is 29.2 Å². The first kappa shape index (κ1) is 27.1. The van der Waals surface area contributed by atoms with Gasteiger partial charge in [-0.25, -0.2) is 9.18 Å². The van der Waals surface area contributed by atoms with Crippen molar-refractivity contribution in [1.29, 1.82) is 0 Å². The van der Waals surface area contributed by atoms with Crippen LogP contribution in [0.5, 0.6) is 0 Å². The third-order valence-corrected chi connectivity index (χ3v) is 1.88. The Labute approximate surface area is 145 Å². The van der Waals surface area contributed by atoms with Crippen molar-refractivity contribution < 1.29 is 32.6 Å². The lowest BCUT2D eigenvalue weighted by atomic mass is 10.2. The molecule has 0 rings (SSSR count). The van der Waals surface area contributed by atoms with Crippen molar-refractivity contribution in [3.05, 3.63) is 0 Å². The number of hydrogen-bond donors (Lipinski definition) is 1. The summed E-state index contributed by atoms with van der Waals surface area (Å²) in [6, 6.07) is 2.05. The van der Waals surface area contributed by atoms with Crippen LogP contribution < -0.4 is 5.32 Å². The van der Waals surface area contributed by atoms with E-state index in [1.165, 1.54) is 6.08 Å². The summed E-state index contributed by atoms with van der Waals surface area (Å²) in [5, 5.41) is 2.51. The van der Waals surface area contributed by atoms with Crippen LogP contribution in [0.1, 0.15) is 25.7 Å². The predicted molar refractivity (Wildman–Crippen MR) is 85.1 cm³/mol. The first-order valence-corrected chi connectivity index (χ1v) is 6.80. The van der Waals surface area contributed by atoms with E-state index < -0.39 is 13.7 Å². The number of halogens is 3. The Morgan fingerprint density at radius 3 is 2.36 bits per heavy atom. The number of carbonyl (C=O) groups excluding carboxylic acids is 2. The van der Waals surface area contributed by atoms with Gasteiger partial charge in [0.15, 0.2) is 13.7 Å². The molecule has 0 aromatic carbocycles. The van der Waals surface area contributed by atoms with Crippen LogP contribution in [0.15, 0.2) is 4.99 Å². The van der Waals surface area contributed by atoms with E-state index in [1.807, 2.05) is 5.92 Å². The molecule has 0 aromatic heterocycles. The van der Waals surface area contributed by atoms with Crippen LogP contribution in [0.3, 0.4) is 0 Å². The minimum Gasteiger partial charge on any atom is -0.359 e. The number of carbonyl (C=O) groups is 1. The van der Waals surface area contributed by atoms with E-state index >= 15 is 0 Å². The van der Waals surface area contributed by atoms with Crippen LogP contribution in [0.4, 0.5) is 13.3 Å². The lowest BCUT2D eigenvalue weighted by molar-refractivity contribution is -0.221. The minimum absolute atomic E-state index is 0.0406. The second kappa shape index (κ2) is 29.3. The third kappa shape index (κ3) is 38.8. The van der Waals surface area contributed by atoms with Gasteiger partial charge in [0.1, 0.15) is 0 Å². The molecule has 0 saturated heterocycles. The molecule has 0 aromatic rings. The molecule has 0 fully saturated rings. The molecular weight excluding hydrogens is 341 g/mol. The highest BCUT2D eigenvalue weighted by molar-refractivity contribution is 5.75. The summed E-state index contributed by atoms with van der Waals surface area (Å²) < 4.78 is 36.3. The van der Waals surface area contributed by atoms with Crippen molar-refractivity contribution in [3.8, 4) is 36.1 Å². The van der Waals surface area contributed by atoms with Gasteiger partial charge in [0.25, 0.3) is 0 Å². The number of amides is 1. The average Bonchev–Trinajstić information content (AvgIpc) is 2.64. The molecule has 25 heavy (non-hydrogen) atoms. The highest BCUT2D eigenvalue weighted by atomic mass is 19.3. The topological polar surface area (TPSA) is 77.0 Å². The Balaban J connectivity index is -0.000000300. The molecule has 0 aliphatic heterocycles. The maximum absolute atomic E-state index is 11.5. The number of ether oxygens (including phenoxy) is 1. The lowest BCUT2D eigenvalue weighted by Crippen LogP contribution is -2.16. The SMILES string of the molecule is C#CC#CC#CN=C=O.CNC(=O)CCCCCF.FCOCOF. The van der Waals surface area contributed by atoms with E-state index in [2.05, 4.69) is 43.8 Å². The Morgan fingerprint density at radius 1 is 1.20 bits per heavy atom. The van der Waals surface area contributed by atoms with Gasteiger partial charge in [-0.15, -0.1) is 11.4 Å². The summed E-state index contributed by atoms with van der Waals surface area (Å²) >= 11 is 0. The fourth-order valence-corrected chi connectivity index (χ4v) is 0.891. The molecule has 0 spiro atoms. The molecule has 138 valence electrons. The van der Waals surface area contributed by atoms with Crippen LogP contribution in [-0.2, 0) is 19.3 Å². The van der Waals surface area contributed by atoms with E-state index in [0.717, 1.165) is 12.8 Å². The van der Waals surface area contributed by atoms with Gasteiger partial charge in [-0.2, -0.15) is 4.94 Å². The number of hydrogen-bond acceptors (Lipinski definition) is 5. The summed E-state index contributed by atoms with van der Waals surface area (Å²) in [7, 11) is 1.61. The van der Waals surface area contributed by atoms with Gasteiger partial charge in [-0.1, -0.05) is 6.42 Å². The number of alkyl halides is 2. The molecule has 0 aliphatic carbocycles. The number of rotatable bonds is 8. The quantitative estimate of drug-likeness (QED) is 0.236. The molecule has 0 unspecified atom stereocenters. The largest absolute Gasteiger partial charge is 0.359 e. The summed E-state index contributed by atoms with van der Waals surface area (Å²) in [6.45, 7) is -1.91. The summed E-state index contributed by atoms with van der Waals surface area (Å²) in [6.07, 6.45) is 8.68. The Kier molecular flexibility index (Phi) is 31.7. The summed E-state index contributed by atoms with van der Waals surface area (Å²) in [4.78, 5) is 25.7. The van der Waals surface area contributed by atoms with Crippen LogP contribution in [0, 0.1) is 36.1 Å². The van der Waals surface area contributed by atoms with E-state index in [1.54, 1.807) is 7.05 Å². The minimum atomic E-state index is -1.01. The molecule has 9 heteroatoms. The summed E-state index contributed by atoms with van der Waals surface area (Å²) in [5.74, 6) is 8.76. The van der Waals surface area contributed by atoms with Gasteiger partial charge >= 0.3 is 0 Å². The van der Waals surface area contributed by atoms with Gasteiger partial charge in [-0.3, -0.25) is 9.18 Å².